The maximum Gasteiger partial charge on any atom is 0.344 e. The molecule has 1 amide bonds. The second kappa shape index (κ2) is 8.92. The van der Waals surface area contributed by atoms with Crippen molar-refractivity contribution in [1.82, 2.24) is 0 Å². The summed E-state index contributed by atoms with van der Waals surface area (Å²) in [5.74, 6) is 0.255. The molecule has 0 unspecified atom stereocenters. The number of carbonyl (C=O) groups excluding carboxylic acids is 2. The SMILES string of the molecule is COc1ccc(OCC(=O)OCC(=O)N2c3ccccc3Sc3ccccc32)cc1. The van der Waals surface area contributed by atoms with E-state index in [1.165, 1.54) is 0 Å². The summed E-state index contributed by atoms with van der Waals surface area (Å²) in [4.78, 5) is 28.6. The number of ether oxygens (including phenoxy) is 3. The van der Waals surface area contributed by atoms with Crippen LogP contribution in [-0.4, -0.2) is 32.2 Å². The molecule has 3 aromatic carbocycles. The molecule has 3 aromatic rings. The minimum absolute atomic E-state index is 0.289. The predicted molar refractivity (Wildman–Crippen MR) is 114 cm³/mol. The highest BCUT2D eigenvalue weighted by Gasteiger charge is 2.28. The summed E-state index contributed by atoms with van der Waals surface area (Å²) in [6, 6.07) is 22.1. The fraction of sp³-hybridized carbons (Fsp3) is 0.130. The van der Waals surface area contributed by atoms with Crippen molar-refractivity contribution in [3.63, 3.8) is 0 Å². The Morgan fingerprint density at radius 3 is 1.97 bits per heavy atom. The molecule has 1 aliphatic rings. The van der Waals surface area contributed by atoms with Crippen LogP contribution in [0.4, 0.5) is 11.4 Å². The van der Waals surface area contributed by atoms with Crippen LogP contribution in [0, 0.1) is 0 Å². The molecule has 0 spiro atoms. The van der Waals surface area contributed by atoms with E-state index < -0.39 is 5.97 Å². The van der Waals surface area contributed by atoms with E-state index in [1.807, 2.05) is 48.5 Å². The summed E-state index contributed by atoms with van der Waals surface area (Å²) in [6.45, 7) is -0.666. The number of rotatable bonds is 6. The van der Waals surface area contributed by atoms with Crippen LogP contribution in [-0.2, 0) is 14.3 Å². The lowest BCUT2D eigenvalue weighted by atomic mass is 10.2. The van der Waals surface area contributed by atoms with Gasteiger partial charge in [0.1, 0.15) is 11.5 Å². The van der Waals surface area contributed by atoms with E-state index in [1.54, 1.807) is 48.0 Å². The lowest BCUT2D eigenvalue weighted by molar-refractivity contribution is -0.149. The Bertz CT molecular complexity index is 1020. The Morgan fingerprint density at radius 2 is 1.37 bits per heavy atom. The number of esters is 1. The van der Waals surface area contributed by atoms with Gasteiger partial charge >= 0.3 is 5.97 Å². The smallest absolute Gasteiger partial charge is 0.344 e. The molecule has 0 N–H and O–H groups in total. The monoisotopic (exact) mass is 421 g/mol. The third kappa shape index (κ3) is 4.26. The van der Waals surface area contributed by atoms with Crippen LogP contribution in [0.15, 0.2) is 82.6 Å². The molecule has 0 bridgehead atoms. The topological polar surface area (TPSA) is 65.1 Å². The van der Waals surface area contributed by atoms with Gasteiger partial charge in [-0.2, -0.15) is 0 Å². The minimum atomic E-state index is -0.618. The quantitative estimate of drug-likeness (QED) is 0.548. The van der Waals surface area contributed by atoms with E-state index in [2.05, 4.69) is 0 Å². The normalized spacial score (nSPS) is 11.8. The molecule has 0 fully saturated rings. The van der Waals surface area contributed by atoms with Crippen LogP contribution >= 0.6 is 11.8 Å². The highest BCUT2D eigenvalue weighted by molar-refractivity contribution is 7.99. The maximum atomic E-state index is 13.0. The largest absolute Gasteiger partial charge is 0.497 e. The van der Waals surface area contributed by atoms with Crippen LogP contribution in [0.3, 0.4) is 0 Å². The van der Waals surface area contributed by atoms with Gasteiger partial charge < -0.3 is 14.2 Å². The lowest BCUT2D eigenvalue weighted by Crippen LogP contribution is -2.33. The fourth-order valence-corrected chi connectivity index (χ4v) is 4.09. The number of carbonyl (C=O) groups is 2. The molecule has 0 aliphatic carbocycles. The van der Waals surface area contributed by atoms with Gasteiger partial charge in [-0.15, -0.1) is 0 Å². The van der Waals surface area contributed by atoms with Crippen molar-refractivity contribution in [3.05, 3.63) is 72.8 Å². The number of anilines is 2. The zero-order valence-corrected chi connectivity index (χ0v) is 17.1. The molecule has 7 heteroatoms. The highest BCUT2D eigenvalue weighted by atomic mass is 32.2. The van der Waals surface area contributed by atoms with Gasteiger partial charge in [-0.1, -0.05) is 36.0 Å². The Morgan fingerprint density at radius 1 is 0.800 bits per heavy atom. The van der Waals surface area contributed by atoms with Crippen molar-refractivity contribution < 1.29 is 23.8 Å². The molecule has 6 nitrogen and oxygen atoms in total. The summed E-state index contributed by atoms with van der Waals surface area (Å²) in [6.07, 6.45) is 0. The van der Waals surface area contributed by atoms with Crippen LogP contribution in [0.5, 0.6) is 11.5 Å². The number of fused-ring (bicyclic) bond motifs is 2. The Hall–Kier alpha value is -3.45. The summed E-state index contributed by atoms with van der Waals surface area (Å²) in [5, 5.41) is 0. The molecule has 30 heavy (non-hydrogen) atoms. The second-order valence-corrected chi connectivity index (χ2v) is 7.48. The highest BCUT2D eigenvalue weighted by Crippen LogP contribution is 2.47. The molecule has 1 aliphatic heterocycles. The van der Waals surface area contributed by atoms with E-state index >= 15 is 0 Å². The number of para-hydroxylation sites is 2. The van der Waals surface area contributed by atoms with Crippen LogP contribution in [0.1, 0.15) is 0 Å². The van der Waals surface area contributed by atoms with Gasteiger partial charge in [-0.05, 0) is 48.5 Å². The van der Waals surface area contributed by atoms with Crippen LogP contribution < -0.4 is 14.4 Å². The summed E-state index contributed by atoms with van der Waals surface area (Å²) in [5.41, 5.74) is 1.55. The molecule has 0 saturated carbocycles. The summed E-state index contributed by atoms with van der Waals surface area (Å²) in [7, 11) is 1.57. The third-order valence-electron chi connectivity index (χ3n) is 4.45. The first-order valence-corrected chi connectivity index (χ1v) is 10.1. The first-order valence-electron chi connectivity index (χ1n) is 9.27. The molecule has 0 saturated heterocycles. The Labute approximate surface area is 178 Å². The Balaban J connectivity index is 1.40. The predicted octanol–water partition coefficient (Wildman–Crippen LogP) is 4.45. The molecule has 0 aromatic heterocycles. The third-order valence-corrected chi connectivity index (χ3v) is 5.58. The van der Waals surface area contributed by atoms with Crippen LogP contribution in [0.25, 0.3) is 0 Å². The van der Waals surface area contributed by atoms with Gasteiger partial charge in [0.25, 0.3) is 5.91 Å². The van der Waals surface area contributed by atoms with Crippen molar-refractivity contribution in [3.8, 4) is 11.5 Å². The lowest BCUT2D eigenvalue weighted by Gasteiger charge is -2.30. The number of methoxy groups -OCH3 is 1. The van der Waals surface area contributed by atoms with Gasteiger partial charge in [-0.3, -0.25) is 9.69 Å². The molecule has 0 radical (unpaired) electrons. The van der Waals surface area contributed by atoms with Gasteiger partial charge in [0.05, 0.1) is 18.5 Å². The van der Waals surface area contributed by atoms with E-state index in [0.717, 1.165) is 21.2 Å². The first kappa shape index (κ1) is 19.8. The van der Waals surface area contributed by atoms with E-state index in [9.17, 15) is 9.59 Å². The van der Waals surface area contributed by atoms with Crippen molar-refractivity contribution in [1.29, 1.82) is 0 Å². The van der Waals surface area contributed by atoms with E-state index in [4.69, 9.17) is 14.2 Å². The second-order valence-electron chi connectivity index (χ2n) is 6.39. The number of hydrogen-bond donors (Lipinski definition) is 0. The number of amides is 1. The molecular formula is C23H19NO5S. The fourth-order valence-electron chi connectivity index (χ4n) is 3.04. The van der Waals surface area contributed by atoms with Crippen molar-refractivity contribution in [2.45, 2.75) is 9.79 Å². The van der Waals surface area contributed by atoms with Crippen molar-refractivity contribution in [2.24, 2.45) is 0 Å². The average Bonchev–Trinajstić information content (AvgIpc) is 2.79. The number of nitrogens with zero attached hydrogens (tertiary/aromatic N) is 1. The molecule has 0 atom stereocenters. The van der Waals surface area contributed by atoms with Gasteiger partial charge in [0, 0.05) is 9.79 Å². The number of benzene rings is 3. The van der Waals surface area contributed by atoms with Gasteiger partial charge in [0.2, 0.25) is 0 Å². The molecule has 4 rings (SSSR count). The van der Waals surface area contributed by atoms with E-state index in [0.29, 0.717) is 11.5 Å². The maximum absolute atomic E-state index is 13.0. The zero-order valence-electron chi connectivity index (χ0n) is 16.2. The molecule has 152 valence electrons. The van der Waals surface area contributed by atoms with Crippen molar-refractivity contribution in [2.75, 3.05) is 25.2 Å². The minimum Gasteiger partial charge on any atom is -0.497 e. The Kier molecular flexibility index (Phi) is 5.90. The van der Waals surface area contributed by atoms with Gasteiger partial charge in [0.15, 0.2) is 13.2 Å². The standard InChI is InChI=1S/C23H19NO5S/c1-27-16-10-12-17(13-11-16)28-15-23(26)29-14-22(25)24-18-6-2-4-8-20(18)30-21-9-5-3-7-19(21)24/h2-13H,14-15H2,1H3. The average molecular weight is 421 g/mol. The number of hydrogen-bond acceptors (Lipinski definition) is 6. The van der Waals surface area contributed by atoms with Crippen molar-refractivity contribution >= 4 is 35.0 Å². The molecular weight excluding hydrogens is 402 g/mol. The molecule has 1 heterocycles. The first-order chi connectivity index (χ1) is 14.7. The zero-order chi connectivity index (χ0) is 20.9. The summed E-state index contributed by atoms with van der Waals surface area (Å²) >= 11 is 1.61. The van der Waals surface area contributed by atoms with Gasteiger partial charge in [-0.25, -0.2) is 4.79 Å². The summed E-state index contributed by atoms with van der Waals surface area (Å²) < 4.78 is 15.6. The van der Waals surface area contributed by atoms with E-state index in [-0.39, 0.29) is 19.1 Å². The van der Waals surface area contributed by atoms with Crippen LogP contribution in [0.2, 0.25) is 0 Å².